The van der Waals surface area contributed by atoms with Crippen LogP contribution in [-0.2, 0) is 0 Å². The average molecular weight is 570 g/mol. The fourth-order valence-electron chi connectivity index (χ4n) is 7.88. The Morgan fingerprint density at radius 2 is 1.16 bits per heavy atom. The average Bonchev–Trinajstić information content (AvgIpc) is 3.05. The Morgan fingerprint density at radius 3 is 1.84 bits per heavy atom. The lowest BCUT2D eigenvalue weighted by Gasteiger charge is -2.28. The Labute approximate surface area is 249 Å². The van der Waals surface area contributed by atoms with Crippen LogP contribution in [0.4, 0.5) is 0 Å². The van der Waals surface area contributed by atoms with Crippen molar-refractivity contribution in [2.24, 2.45) is 0 Å². The van der Waals surface area contributed by atoms with Gasteiger partial charge in [-0.15, -0.1) is 0 Å². The van der Waals surface area contributed by atoms with Crippen LogP contribution in [0.15, 0.2) is 89.7 Å². The van der Waals surface area contributed by atoms with E-state index in [4.69, 9.17) is 4.98 Å². The van der Waals surface area contributed by atoms with Gasteiger partial charge in [-0.05, 0) is 80.5 Å². The summed E-state index contributed by atoms with van der Waals surface area (Å²) in [5, 5.41) is 11.0. The number of carbonyl (C=O) groups excluding carboxylic acids is 2. The third-order valence-electron chi connectivity index (χ3n) is 9.80. The van der Waals surface area contributed by atoms with Crippen LogP contribution in [0.5, 0.6) is 0 Å². The quantitative estimate of drug-likeness (QED) is 0.123. The zero-order valence-electron chi connectivity index (χ0n) is 23.8. The molecule has 10 rings (SSSR count). The maximum Gasteiger partial charge on any atom is 0.264 e. The minimum atomic E-state index is -0.230. The number of imide groups is 1. The van der Waals surface area contributed by atoms with Crippen LogP contribution in [0.1, 0.15) is 40.5 Å². The van der Waals surface area contributed by atoms with E-state index in [1.54, 1.807) is 4.40 Å². The Morgan fingerprint density at radius 1 is 0.591 bits per heavy atom. The molecule has 0 saturated heterocycles. The molecule has 44 heavy (non-hydrogen) atoms. The lowest BCUT2D eigenvalue weighted by molar-refractivity contribution is 0.0608. The highest BCUT2D eigenvalue weighted by Crippen LogP contribution is 2.46. The van der Waals surface area contributed by atoms with Gasteiger partial charge in [0.05, 0.1) is 11.0 Å². The van der Waals surface area contributed by atoms with Crippen molar-refractivity contribution in [3.63, 3.8) is 0 Å². The summed E-state index contributed by atoms with van der Waals surface area (Å²) >= 11 is 0. The van der Waals surface area contributed by atoms with Gasteiger partial charge >= 0.3 is 0 Å². The Kier molecular flexibility index (Phi) is 4.37. The molecule has 1 aliphatic rings. The number of aromatic nitrogens is 2. The minimum Gasteiger partial charge on any atom is -0.274 e. The van der Waals surface area contributed by atoms with E-state index >= 15 is 0 Å². The normalized spacial score (nSPS) is 14.0. The predicted molar refractivity (Wildman–Crippen MR) is 177 cm³/mol. The largest absolute Gasteiger partial charge is 0.274 e. The van der Waals surface area contributed by atoms with Gasteiger partial charge in [0.1, 0.15) is 5.65 Å². The molecule has 9 aromatic rings. The summed E-state index contributed by atoms with van der Waals surface area (Å²) < 4.78 is 1.76. The molecule has 2 amide bonds. The van der Waals surface area contributed by atoms with Crippen molar-refractivity contribution >= 4 is 93.1 Å². The summed E-state index contributed by atoms with van der Waals surface area (Å²) in [5.74, 6) is -0.459. The lowest BCUT2D eigenvalue weighted by Crippen LogP contribution is -2.40. The SMILES string of the molecule is CCCCN1C(=O)c2ccc3c4ccc5c(=O)n6c7cccc8cccc(nc6c6ccc(c9ccc(c2c39)C1=O)c4c56)c87. The first-order valence-electron chi connectivity index (χ1n) is 15.1. The van der Waals surface area contributed by atoms with Crippen molar-refractivity contribution in [2.75, 3.05) is 6.54 Å². The monoisotopic (exact) mass is 569 g/mol. The van der Waals surface area contributed by atoms with Gasteiger partial charge in [0.15, 0.2) is 0 Å². The van der Waals surface area contributed by atoms with Gasteiger partial charge in [-0.2, -0.15) is 0 Å². The number of hydrogen-bond acceptors (Lipinski definition) is 4. The molecule has 2 aromatic heterocycles. The van der Waals surface area contributed by atoms with E-state index in [0.29, 0.717) is 28.7 Å². The first-order chi connectivity index (χ1) is 21.6. The Balaban J connectivity index is 1.38. The molecule has 6 nitrogen and oxygen atoms in total. The molecule has 0 radical (unpaired) electrons. The van der Waals surface area contributed by atoms with Crippen LogP contribution in [0, 0.1) is 0 Å². The van der Waals surface area contributed by atoms with Crippen molar-refractivity contribution in [3.8, 4) is 0 Å². The zero-order chi connectivity index (χ0) is 29.4. The third-order valence-corrected chi connectivity index (χ3v) is 9.80. The van der Waals surface area contributed by atoms with E-state index in [9.17, 15) is 14.4 Å². The Hall–Kier alpha value is -5.62. The second-order valence-electron chi connectivity index (χ2n) is 12.0. The molecule has 0 aliphatic carbocycles. The van der Waals surface area contributed by atoms with Crippen LogP contribution in [-0.4, -0.2) is 32.6 Å². The van der Waals surface area contributed by atoms with Crippen LogP contribution in [0.3, 0.4) is 0 Å². The summed E-state index contributed by atoms with van der Waals surface area (Å²) in [4.78, 5) is 48.0. The Bertz CT molecular complexity index is 2750. The smallest absolute Gasteiger partial charge is 0.264 e. The van der Waals surface area contributed by atoms with Gasteiger partial charge in [0, 0.05) is 44.6 Å². The van der Waals surface area contributed by atoms with Gasteiger partial charge in [-0.25, -0.2) is 4.98 Å². The van der Waals surface area contributed by atoms with E-state index in [1.807, 2.05) is 72.8 Å². The molecule has 0 bridgehead atoms. The third kappa shape index (κ3) is 2.68. The zero-order valence-corrected chi connectivity index (χ0v) is 23.8. The lowest BCUT2D eigenvalue weighted by atomic mass is 9.84. The molecule has 0 atom stereocenters. The van der Waals surface area contributed by atoms with Gasteiger partial charge in [-0.1, -0.05) is 61.9 Å². The molecule has 3 heterocycles. The number of unbranched alkanes of at least 4 members (excludes halogenated alkanes) is 1. The van der Waals surface area contributed by atoms with Gasteiger partial charge in [0.2, 0.25) is 0 Å². The number of hydrogen-bond donors (Lipinski definition) is 0. The second kappa shape index (κ2) is 8.05. The molecule has 0 spiro atoms. The number of amides is 2. The van der Waals surface area contributed by atoms with Gasteiger partial charge in [-0.3, -0.25) is 23.7 Å². The summed E-state index contributed by atoms with van der Waals surface area (Å²) in [6, 6.07) is 28.0. The predicted octanol–water partition coefficient (Wildman–Crippen LogP) is 8.04. The number of nitrogens with zero attached hydrogens (tertiary/aromatic N) is 3. The molecule has 1 aliphatic heterocycles. The van der Waals surface area contributed by atoms with Crippen molar-refractivity contribution in [3.05, 3.63) is 106 Å². The van der Waals surface area contributed by atoms with Crippen molar-refractivity contribution in [2.45, 2.75) is 19.8 Å². The van der Waals surface area contributed by atoms with Crippen molar-refractivity contribution in [1.29, 1.82) is 0 Å². The maximum atomic E-state index is 14.3. The number of carbonyl (C=O) groups is 2. The van der Waals surface area contributed by atoms with Crippen LogP contribution >= 0.6 is 0 Å². The number of fused-ring (bicyclic) bond motifs is 5. The fraction of sp³-hybridized carbons (Fsp3) is 0.105. The summed E-state index contributed by atoms with van der Waals surface area (Å²) in [6.07, 6.45) is 1.67. The topological polar surface area (TPSA) is 71.8 Å². The molecular weight excluding hydrogens is 546 g/mol. The van der Waals surface area contributed by atoms with E-state index in [0.717, 1.165) is 83.1 Å². The van der Waals surface area contributed by atoms with E-state index < -0.39 is 0 Å². The van der Waals surface area contributed by atoms with E-state index in [1.165, 1.54) is 4.90 Å². The molecule has 208 valence electrons. The van der Waals surface area contributed by atoms with Gasteiger partial charge in [0.25, 0.3) is 17.4 Å². The van der Waals surface area contributed by atoms with Crippen molar-refractivity contribution < 1.29 is 9.59 Å². The molecular formula is C38H23N3O3. The number of rotatable bonds is 3. The second-order valence-corrected chi connectivity index (χ2v) is 12.0. The minimum absolute atomic E-state index is 0.0960. The highest BCUT2D eigenvalue weighted by Gasteiger charge is 2.34. The fourth-order valence-corrected chi connectivity index (χ4v) is 7.88. The first-order valence-corrected chi connectivity index (χ1v) is 15.1. The molecule has 0 saturated carbocycles. The van der Waals surface area contributed by atoms with Crippen LogP contribution in [0.25, 0.3) is 81.3 Å². The van der Waals surface area contributed by atoms with E-state index in [-0.39, 0.29) is 17.4 Å². The molecule has 0 unspecified atom stereocenters. The maximum absolute atomic E-state index is 14.3. The molecule has 0 N–H and O–H groups in total. The number of pyridine rings is 1. The summed E-state index contributed by atoms with van der Waals surface area (Å²) in [5.41, 5.74) is 3.38. The highest BCUT2D eigenvalue weighted by molar-refractivity contribution is 6.41. The molecule has 0 fully saturated rings. The summed E-state index contributed by atoms with van der Waals surface area (Å²) in [7, 11) is 0. The van der Waals surface area contributed by atoms with Gasteiger partial charge < -0.3 is 0 Å². The van der Waals surface area contributed by atoms with Crippen molar-refractivity contribution in [1.82, 2.24) is 14.3 Å². The molecule has 6 heteroatoms. The standard InChI is InChI=1S/C38H23N3O3/c1-2-3-18-40-36(42)25-15-11-22-20-10-14-24-33-27(17-13-21(31(20)33)23-12-16-26(37(40)43)34(25)32(22)23)38(44)41-29-9-5-7-19-6-4-8-28(30(19)29)39-35(24)41/h4-17H,2-3,18H2,1H3. The van der Waals surface area contributed by atoms with E-state index in [2.05, 4.69) is 19.1 Å². The first kappa shape index (κ1) is 23.9. The summed E-state index contributed by atoms with van der Waals surface area (Å²) in [6.45, 7) is 2.47. The van der Waals surface area contributed by atoms with Crippen LogP contribution < -0.4 is 5.56 Å². The van der Waals surface area contributed by atoms with Crippen LogP contribution in [0.2, 0.25) is 0 Å². The highest BCUT2D eigenvalue weighted by atomic mass is 16.2. The molecule has 7 aromatic carbocycles. The number of benzene rings is 7.